The number of aliphatic hydroxyl groups is 2. The van der Waals surface area contributed by atoms with Crippen LogP contribution in [0.3, 0.4) is 0 Å². The fourth-order valence-corrected chi connectivity index (χ4v) is 4.08. The van der Waals surface area contributed by atoms with Crippen LogP contribution in [0.15, 0.2) is 23.3 Å². The highest BCUT2D eigenvalue weighted by molar-refractivity contribution is 5.89. The molecule has 0 unspecified atom stereocenters. The van der Waals surface area contributed by atoms with E-state index in [4.69, 9.17) is 9.47 Å². The van der Waals surface area contributed by atoms with E-state index in [2.05, 4.69) is 0 Å². The molecule has 0 saturated carbocycles. The van der Waals surface area contributed by atoms with E-state index in [-0.39, 0.29) is 25.1 Å². The van der Waals surface area contributed by atoms with Crippen molar-refractivity contribution >= 4 is 11.9 Å². The van der Waals surface area contributed by atoms with Crippen molar-refractivity contribution < 1.29 is 33.9 Å². The van der Waals surface area contributed by atoms with Crippen LogP contribution in [0.4, 0.5) is 0 Å². The Morgan fingerprint density at radius 3 is 2.85 bits per heavy atom. The van der Waals surface area contributed by atoms with Crippen LogP contribution in [-0.4, -0.2) is 70.8 Å². The first-order chi connectivity index (χ1) is 12.2. The summed E-state index contributed by atoms with van der Waals surface area (Å²) in [7, 11) is 0. The number of aliphatic hydroxyl groups excluding tert-OH is 1. The second kappa shape index (κ2) is 6.77. The Hall–Kier alpha value is -1.74. The molecule has 0 aliphatic carbocycles. The SMILES string of the molecule is C/C=C1/C[C@@H](C)[C@](O)(CO)C(=O)OCC2=CC[N@@+]3([O-])CC[C@@H](OC1=O)[C@@H]23. The summed E-state index contributed by atoms with van der Waals surface area (Å²) >= 11 is 0. The number of nitrogens with zero attached hydrogens (tertiary/aromatic N) is 1. The minimum atomic E-state index is -2.13. The molecule has 0 amide bonds. The van der Waals surface area contributed by atoms with Crippen molar-refractivity contribution in [1.29, 1.82) is 0 Å². The van der Waals surface area contributed by atoms with E-state index < -0.39 is 46.9 Å². The van der Waals surface area contributed by atoms with Crippen LogP contribution in [-0.2, 0) is 19.1 Å². The maximum atomic E-state index is 12.9. The van der Waals surface area contributed by atoms with Crippen molar-refractivity contribution in [2.24, 2.45) is 5.92 Å². The van der Waals surface area contributed by atoms with E-state index in [1.54, 1.807) is 26.0 Å². The van der Waals surface area contributed by atoms with Crippen LogP contribution in [0, 0.1) is 11.1 Å². The number of carbonyl (C=O) groups is 2. The van der Waals surface area contributed by atoms with E-state index in [1.165, 1.54) is 0 Å². The van der Waals surface area contributed by atoms with Gasteiger partial charge in [-0.25, -0.2) is 9.59 Å². The largest absolute Gasteiger partial charge is 0.632 e. The molecule has 3 aliphatic rings. The van der Waals surface area contributed by atoms with E-state index in [0.717, 1.165) is 0 Å². The molecule has 2 saturated heterocycles. The first-order valence-electron chi connectivity index (χ1n) is 8.88. The molecule has 8 heteroatoms. The van der Waals surface area contributed by atoms with Gasteiger partial charge in [-0.3, -0.25) is 0 Å². The van der Waals surface area contributed by atoms with Gasteiger partial charge in [-0.2, -0.15) is 0 Å². The van der Waals surface area contributed by atoms with Gasteiger partial charge in [0.15, 0.2) is 17.7 Å². The molecule has 3 rings (SSSR count). The summed E-state index contributed by atoms with van der Waals surface area (Å²) in [5, 5.41) is 33.1. The summed E-state index contributed by atoms with van der Waals surface area (Å²) in [6.07, 6.45) is 3.22. The van der Waals surface area contributed by atoms with Crippen LogP contribution < -0.4 is 0 Å². The van der Waals surface area contributed by atoms with Gasteiger partial charge in [-0.1, -0.05) is 13.0 Å². The molecule has 3 aliphatic heterocycles. The van der Waals surface area contributed by atoms with Gasteiger partial charge in [-0.15, -0.1) is 0 Å². The van der Waals surface area contributed by atoms with Crippen molar-refractivity contribution in [3.05, 3.63) is 28.5 Å². The fraction of sp³-hybridized carbons (Fsp3) is 0.667. The molecule has 0 bridgehead atoms. The number of rotatable bonds is 1. The predicted molar refractivity (Wildman–Crippen MR) is 90.3 cm³/mol. The third kappa shape index (κ3) is 2.96. The number of hydrogen-bond acceptors (Lipinski definition) is 7. The van der Waals surface area contributed by atoms with E-state index in [1.807, 2.05) is 0 Å². The molecule has 0 aromatic rings. The number of cyclic esters (lactones) is 1. The van der Waals surface area contributed by atoms with E-state index >= 15 is 0 Å². The molecule has 0 aromatic heterocycles. The zero-order chi connectivity index (χ0) is 19.1. The van der Waals surface area contributed by atoms with Gasteiger partial charge in [0.1, 0.15) is 6.61 Å². The summed E-state index contributed by atoms with van der Waals surface area (Å²) in [6.45, 7) is 2.81. The maximum absolute atomic E-state index is 12.9. The second-order valence-electron chi connectivity index (χ2n) is 7.39. The molecule has 144 valence electrons. The van der Waals surface area contributed by atoms with Crippen LogP contribution >= 0.6 is 0 Å². The van der Waals surface area contributed by atoms with Gasteiger partial charge in [0.25, 0.3) is 0 Å². The summed E-state index contributed by atoms with van der Waals surface area (Å²) in [5.74, 6) is -2.27. The lowest BCUT2D eigenvalue weighted by molar-refractivity contribution is -0.877. The van der Waals surface area contributed by atoms with Crippen molar-refractivity contribution in [2.45, 2.75) is 44.4 Å². The smallest absolute Gasteiger partial charge is 0.341 e. The minimum Gasteiger partial charge on any atom is -0.632 e. The fourth-order valence-electron chi connectivity index (χ4n) is 4.08. The van der Waals surface area contributed by atoms with Gasteiger partial charge in [0.05, 0.1) is 19.7 Å². The molecule has 2 fully saturated rings. The van der Waals surface area contributed by atoms with Crippen molar-refractivity contribution in [3.63, 3.8) is 0 Å². The number of hydroxylamine groups is 3. The highest BCUT2D eigenvalue weighted by Crippen LogP contribution is 2.39. The monoisotopic (exact) mass is 367 g/mol. The molecule has 5 atom stereocenters. The van der Waals surface area contributed by atoms with Crippen molar-refractivity contribution in [1.82, 2.24) is 0 Å². The molecule has 0 aromatic carbocycles. The predicted octanol–water partition coefficient (Wildman–Crippen LogP) is 0.178. The number of esters is 2. The van der Waals surface area contributed by atoms with Crippen molar-refractivity contribution in [3.8, 4) is 0 Å². The third-order valence-corrected chi connectivity index (χ3v) is 5.87. The Bertz CT molecular complexity index is 672. The lowest BCUT2D eigenvalue weighted by atomic mass is 9.84. The topological polar surface area (TPSA) is 116 Å². The highest BCUT2D eigenvalue weighted by atomic mass is 16.6. The lowest BCUT2D eigenvalue weighted by Crippen LogP contribution is -2.51. The second-order valence-corrected chi connectivity index (χ2v) is 7.39. The zero-order valence-corrected chi connectivity index (χ0v) is 15.0. The molecule has 3 heterocycles. The highest BCUT2D eigenvalue weighted by Gasteiger charge is 2.51. The number of hydrogen-bond donors (Lipinski definition) is 2. The summed E-state index contributed by atoms with van der Waals surface area (Å²) < 4.78 is 10.4. The standard InChI is InChI=1S/C18H25NO7/c1-3-12-8-11(2)18(23,10-20)17(22)25-9-13-4-6-19(24)7-5-14(15(13)19)26-16(12)21/h3-4,11,14-15,20,23H,5-10H2,1-2H3/b12-3-/t11-,14-,15-,18-,19-/m1/s1. The Morgan fingerprint density at radius 2 is 2.19 bits per heavy atom. The lowest BCUT2D eigenvalue weighted by Gasteiger charge is -2.41. The third-order valence-electron chi connectivity index (χ3n) is 5.87. The van der Waals surface area contributed by atoms with Gasteiger partial charge in [-0.05, 0) is 19.4 Å². The normalized spacial score (nSPS) is 42.4. The molecule has 8 nitrogen and oxygen atoms in total. The zero-order valence-electron chi connectivity index (χ0n) is 15.0. The quantitative estimate of drug-likeness (QED) is 0.223. The first-order valence-corrected chi connectivity index (χ1v) is 8.88. The first kappa shape index (κ1) is 19.0. The Morgan fingerprint density at radius 1 is 1.46 bits per heavy atom. The summed E-state index contributed by atoms with van der Waals surface area (Å²) in [4.78, 5) is 25.0. The van der Waals surface area contributed by atoms with Gasteiger partial charge < -0.3 is 29.5 Å². The van der Waals surface area contributed by atoms with Gasteiger partial charge in [0, 0.05) is 23.5 Å². The molecular formula is C18H25NO7. The Labute approximate surface area is 151 Å². The average Bonchev–Trinajstić information content (AvgIpc) is 3.11. The van der Waals surface area contributed by atoms with Crippen LogP contribution in [0.2, 0.25) is 0 Å². The number of carbonyl (C=O) groups excluding carboxylic acids is 2. The van der Waals surface area contributed by atoms with E-state index in [0.29, 0.717) is 18.5 Å². The van der Waals surface area contributed by atoms with Gasteiger partial charge >= 0.3 is 11.9 Å². The average molecular weight is 367 g/mol. The number of allylic oxidation sites excluding steroid dienone is 1. The van der Waals surface area contributed by atoms with Crippen LogP contribution in [0.1, 0.15) is 26.7 Å². The molecule has 2 N–H and O–H groups in total. The summed E-state index contributed by atoms with van der Waals surface area (Å²) in [5.41, 5.74) is -1.25. The molecule has 26 heavy (non-hydrogen) atoms. The van der Waals surface area contributed by atoms with Gasteiger partial charge in [0.2, 0.25) is 0 Å². The molecular weight excluding hydrogens is 342 g/mol. The van der Waals surface area contributed by atoms with Crippen molar-refractivity contribution in [2.75, 3.05) is 26.3 Å². The van der Waals surface area contributed by atoms with Crippen LogP contribution in [0.25, 0.3) is 0 Å². The Balaban J connectivity index is 1.96. The number of ether oxygens (including phenoxy) is 2. The van der Waals surface area contributed by atoms with Crippen LogP contribution in [0.5, 0.6) is 0 Å². The molecule has 0 radical (unpaired) electrons. The number of quaternary nitrogens is 1. The Kier molecular flexibility index (Phi) is 4.96. The summed E-state index contributed by atoms with van der Waals surface area (Å²) in [6, 6.07) is -0.594. The van der Waals surface area contributed by atoms with E-state index in [9.17, 15) is 25.0 Å². The molecule has 0 spiro atoms. The minimum absolute atomic E-state index is 0.0406. The maximum Gasteiger partial charge on any atom is 0.341 e.